The molecule has 1 aliphatic rings. The molecule has 1 aromatic carbocycles. The molecule has 0 spiro atoms. The molecule has 0 aliphatic heterocycles. The van der Waals surface area contributed by atoms with Crippen molar-refractivity contribution >= 4 is 0 Å². The first-order valence-electron chi connectivity index (χ1n) is 6.08. The maximum atomic E-state index is 3.68. The van der Waals surface area contributed by atoms with Crippen molar-refractivity contribution in [3.05, 3.63) is 35.4 Å². The van der Waals surface area contributed by atoms with Crippen LogP contribution in [0, 0.1) is 5.92 Å². The molecule has 0 amide bonds. The Morgan fingerprint density at radius 1 is 1.33 bits per heavy atom. The topological polar surface area (TPSA) is 12.0 Å². The molecule has 0 saturated carbocycles. The van der Waals surface area contributed by atoms with Gasteiger partial charge in [-0.05, 0) is 42.9 Å². The summed E-state index contributed by atoms with van der Waals surface area (Å²) in [5.41, 5.74) is 3.08. The third-order valence-corrected chi connectivity index (χ3v) is 3.14. The number of rotatable bonds is 3. The average molecular weight is 203 g/mol. The van der Waals surface area contributed by atoms with Gasteiger partial charge in [-0.3, -0.25) is 0 Å². The van der Waals surface area contributed by atoms with E-state index in [-0.39, 0.29) is 0 Å². The molecule has 0 bridgehead atoms. The molecule has 0 fully saturated rings. The number of aryl methyl sites for hydroxylation is 1. The molecule has 2 rings (SSSR count). The molecule has 82 valence electrons. The van der Waals surface area contributed by atoms with Crippen LogP contribution in [0.3, 0.4) is 0 Å². The van der Waals surface area contributed by atoms with Crippen LogP contribution in [-0.2, 0) is 6.42 Å². The summed E-state index contributed by atoms with van der Waals surface area (Å²) in [6, 6.07) is 9.47. The molecular weight excluding hydrogens is 182 g/mol. The third kappa shape index (κ3) is 2.60. The summed E-state index contributed by atoms with van der Waals surface area (Å²) in [6.07, 6.45) is 3.88. The van der Waals surface area contributed by atoms with Crippen molar-refractivity contribution in [1.82, 2.24) is 5.32 Å². The van der Waals surface area contributed by atoms with Crippen LogP contribution in [0.2, 0.25) is 0 Å². The minimum Gasteiger partial charge on any atom is -0.310 e. The highest BCUT2D eigenvalue weighted by Crippen LogP contribution is 2.29. The van der Waals surface area contributed by atoms with E-state index in [9.17, 15) is 0 Å². The van der Waals surface area contributed by atoms with Crippen molar-refractivity contribution in [2.45, 2.75) is 39.2 Å². The fraction of sp³-hybridized carbons (Fsp3) is 0.571. The molecule has 1 atom stereocenters. The first-order chi connectivity index (χ1) is 7.27. The number of nitrogens with one attached hydrogen (secondary N) is 1. The lowest BCUT2D eigenvalue weighted by Crippen LogP contribution is -2.28. The molecule has 15 heavy (non-hydrogen) atoms. The van der Waals surface area contributed by atoms with E-state index in [1.807, 2.05) is 0 Å². The lowest BCUT2D eigenvalue weighted by molar-refractivity contribution is 0.427. The lowest BCUT2D eigenvalue weighted by Gasteiger charge is -2.27. The zero-order chi connectivity index (χ0) is 10.7. The van der Waals surface area contributed by atoms with Gasteiger partial charge < -0.3 is 5.32 Å². The Labute approximate surface area is 92.9 Å². The SMILES string of the molecule is CC(C)CN[C@H]1CCCc2ccccc21. The molecule has 1 nitrogen and oxygen atoms in total. The summed E-state index contributed by atoms with van der Waals surface area (Å²) in [6.45, 7) is 5.66. The van der Waals surface area contributed by atoms with Gasteiger partial charge in [-0.2, -0.15) is 0 Å². The van der Waals surface area contributed by atoms with Gasteiger partial charge in [-0.1, -0.05) is 38.1 Å². The molecule has 1 N–H and O–H groups in total. The molecule has 0 heterocycles. The maximum absolute atomic E-state index is 3.68. The van der Waals surface area contributed by atoms with Crippen molar-refractivity contribution < 1.29 is 0 Å². The maximum Gasteiger partial charge on any atom is 0.0323 e. The van der Waals surface area contributed by atoms with Gasteiger partial charge in [0.25, 0.3) is 0 Å². The molecule has 1 aromatic rings. The standard InChI is InChI=1S/C14H21N/c1-11(2)10-15-14-9-5-7-12-6-3-4-8-13(12)14/h3-4,6,8,11,14-15H,5,7,9-10H2,1-2H3/t14-/m0/s1. The summed E-state index contributed by atoms with van der Waals surface area (Å²) < 4.78 is 0. The van der Waals surface area contributed by atoms with Crippen molar-refractivity contribution in [2.24, 2.45) is 5.92 Å². The lowest BCUT2D eigenvalue weighted by atomic mass is 9.87. The zero-order valence-electron chi connectivity index (χ0n) is 9.79. The first-order valence-corrected chi connectivity index (χ1v) is 6.08. The van der Waals surface area contributed by atoms with Gasteiger partial charge >= 0.3 is 0 Å². The van der Waals surface area contributed by atoms with Crippen LogP contribution < -0.4 is 5.32 Å². The van der Waals surface area contributed by atoms with Crippen LogP contribution >= 0.6 is 0 Å². The van der Waals surface area contributed by atoms with Crippen LogP contribution in [0.15, 0.2) is 24.3 Å². The predicted molar refractivity (Wildman–Crippen MR) is 65.0 cm³/mol. The second-order valence-electron chi connectivity index (χ2n) is 4.95. The van der Waals surface area contributed by atoms with Crippen LogP contribution in [0.1, 0.15) is 43.9 Å². The first kappa shape index (κ1) is 10.7. The van der Waals surface area contributed by atoms with E-state index < -0.39 is 0 Å². The molecule has 0 unspecified atom stereocenters. The average Bonchev–Trinajstić information content (AvgIpc) is 2.26. The highest BCUT2D eigenvalue weighted by Gasteiger charge is 2.18. The van der Waals surface area contributed by atoms with Crippen LogP contribution in [0.4, 0.5) is 0 Å². The number of hydrogen-bond donors (Lipinski definition) is 1. The van der Waals surface area contributed by atoms with Crippen molar-refractivity contribution in [2.75, 3.05) is 6.54 Å². The van der Waals surface area contributed by atoms with Crippen LogP contribution in [0.25, 0.3) is 0 Å². The highest BCUT2D eigenvalue weighted by molar-refractivity contribution is 5.32. The van der Waals surface area contributed by atoms with Crippen LogP contribution in [0.5, 0.6) is 0 Å². The Morgan fingerprint density at radius 2 is 2.13 bits per heavy atom. The Morgan fingerprint density at radius 3 is 2.93 bits per heavy atom. The fourth-order valence-electron chi connectivity index (χ4n) is 2.34. The fourth-order valence-corrected chi connectivity index (χ4v) is 2.34. The van der Waals surface area contributed by atoms with Gasteiger partial charge in [-0.15, -0.1) is 0 Å². The Balaban J connectivity index is 2.08. The molecular formula is C14H21N. The second-order valence-corrected chi connectivity index (χ2v) is 4.95. The number of benzene rings is 1. The van der Waals surface area contributed by atoms with Gasteiger partial charge in [-0.25, -0.2) is 0 Å². The number of hydrogen-bond acceptors (Lipinski definition) is 1. The van der Waals surface area contributed by atoms with Crippen molar-refractivity contribution in [3.8, 4) is 0 Å². The monoisotopic (exact) mass is 203 g/mol. The Hall–Kier alpha value is -0.820. The zero-order valence-corrected chi connectivity index (χ0v) is 9.79. The second kappa shape index (κ2) is 4.80. The van der Waals surface area contributed by atoms with E-state index in [1.54, 1.807) is 5.56 Å². The molecule has 1 aliphatic carbocycles. The normalized spacial score (nSPS) is 20.3. The van der Waals surface area contributed by atoms with Gasteiger partial charge in [0.15, 0.2) is 0 Å². The van der Waals surface area contributed by atoms with E-state index in [2.05, 4.69) is 43.4 Å². The van der Waals surface area contributed by atoms with Crippen LogP contribution in [-0.4, -0.2) is 6.54 Å². The van der Waals surface area contributed by atoms with E-state index in [0.29, 0.717) is 6.04 Å². The molecule has 0 aromatic heterocycles. The van der Waals surface area contributed by atoms with Gasteiger partial charge in [0.2, 0.25) is 0 Å². The predicted octanol–water partition coefficient (Wildman–Crippen LogP) is 3.31. The summed E-state index contributed by atoms with van der Waals surface area (Å²) >= 11 is 0. The summed E-state index contributed by atoms with van der Waals surface area (Å²) in [5, 5.41) is 3.68. The van der Waals surface area contributed by atoms with Gasteiger partial charge in [0, 0.05) is 6.04 Å². The quantitative estimate of drug-likeness (QED) is 0.794. The third-order valence-electron chi connectivity index (χ3n) is 3.14. The number of fused-ring (bicyclic) bond motifs is 1. The minimum atomic E-state index is 0.595. The summed E-state index contributed by atoms with van der Waals surface area (Å²) in [5.74, 6) is 0.735. The molecule has 1 heteroatoms. The van der Waals surface area contributed by atoms with E-state index >= 15 is 0 Å². The smallest absolute Gasteiger partial charge is 0.0323 e. The summed E-state index contributed by atoms with van der Waals surface area (Å²) in [7, 11) is 0. The Kier molecular flexibility index (Phi) is 3.42. The van der Waals surface area contributed by atoms with E-state index in [4.69, 9.17) is 0 Å². The minimum absolute atomic E-state index is 0.595. The van der Waals surface area contributed by atoms with Crippen molar-refractivity contribution in [3.63, 3.8) is 0 Å². The van der Waals surface area contributed by atoms with E-state index in [0.717, 1.165) is 12.5 Å². The Bertz CT molecular complexity index is 317. The summed E-state index contributed by atoms with van der Waals surface area (Å²) in [4.78, 5) is 0. The highest BCUT2D eigenvalue weighted by atomic mass is 14.9. The van der Waals surface area contributed by atoms with Gasteiger partial charge in [0.05, 0.1) is 0 Å². The van der Waals surface area contributed by atoms with Crippen molar-refractivity contribution in [1.29, 1.82) is 0 Å². The van der Waals surface area contributed by atoms with E-state index in [1.165, 1.54) is 24.8 Å². The largest absolute Gasteiger partial charge is 0.310 e. The molecule has 0 radical (unpaired) electrons. The van der Waals surface area contributed by atoms with Gasteiger partial charge in [0.1, 0.15) is 0 Å². The molecule has 0 saturated heterocycles.